The first-order valence-electron chi connectivity index (χ1n) is 9.15. The zero-order chi connectivity index (χ0) is 19.9. The minimum Gasteiger partial charge on any atom is -0.355 e. The number of benzene rings is 2. The maximum Gasteiger partial charge on any atom is 0.150 e. The Morgan fingerprint density at radius 3 is 2.18 bits per heavy atom. The van der Waals surface area contributed by atoms with Gasteiger partial charge < -0.3 is 5.32 Å². The molecule has 144 valence electrons. The molecule has 28 heavy (non-hydrogen) atoms. The third-order valence-corrected chi connectivity index (χ3v) is 6.55. The fraction of sp³-hybridized carbons (Fsp3) is 0.227. The second-order valence-corrected chi connectivity index (χ2v) is 8.69. The largest absolute Gasteiger partial charge is 0.355 e. The van der Waals surface area contributed by atoms with E-state index >= 15 is 0 Å². The lowest BCUT2D eigenvalue weighted by atomic mass is 9.98. The summed E-state index contributed by atoms with van der Waals surface area (Å²) < 4.78 is 36.1. The molecule has 4 nitrogen and oxygen atoms in total. The van der Waals surface area contributed by atoms with Crippen LogP contribution in [0.3, 0.4) is 0 Å². The van der Waals surface area contributed by atoms with Crippen molar-refractivity contribution in [1.82, 2.24) is 4.98 Å². The van der Waals surface area contributed by atoms with Gasteiger partial charge in [-0.3, -0.25) is 4.98 Å². The van der Waals surface area contributed by atoms with Crippen molar-refractivity contribution in [3.8, 4) is 11.1 Å². The summed E-state index contributed by atoms with van der Waals surface area (Å²) in [6.07, 6.45) is 1.31. The first kappa shape index (κ1) is 18.6. The van der Waals surface area contributed by atoms with Crippen LogP contribution in [0.2, 0.25) is 0 Å². The molecule has 4 rings (SSSR count). The van der Waals surface area contributed by atoms with Crippen molar-refractivity contribution in [2.45, 2.75) is 31.4 Å². The highest BCUT2D eigenvalue weighted by atomic mass is 32.2. The lowest BCUT2D eigenvalue weighted by Gasteiger charge is -2.17. The first-order chi connectivity index (χ1) is 13.4. The molecule has 0 radical (unpaired) electrons. The standard InChI is InChI=1S/C22H21FN2O2S/c1-14-11-16(12-15(2)24-14)20-13-17(22(9-10-22)28(26)27)3-8-21(20)25-19-6-4-18(23)5-7-19/h3-8,11-13,25,28H,9-10H2,1-2H3. The smallest absolute Gasteiger partial charge is 0.150 e. The van der Waals surface area contributed by atoms with E-state index in [9.17, 15) is 12.8 Å². The summed E-state index contributed by atoms with van der Waals surface area (Å²) in [6, 6.07) is 15.8. The third-order valence-electron chi connectivity index (χ3n) is 5.15. The van der Waals surface area contributed by atoms with Crippen LogP contribution in [0.15, 0.2) is 54.6 Å². The maximum atomic E-state index is 13.2. The summed E-state index contributed by atoms with van der Waals surface area (Å²) in [4.78, 5) is 4.44. The first-order valence-corrected chi connectivity index (χ1v) is 10.3. The highest BCUT2D eigenvalue weighted by Gasteiger charge is 2.48. The van der Waals surface area contributed by atoms with E-state index in [0.29, 0.717) is 12.8 Å². The molecule has 0 unspecified atom stereocenters. The highest BCUT2D eigenvalue weighted by molar-refractivity contribution is 7.74. The molecule has 6 heteroatoms. The molecule has 0 amide bonds. The number of halogens is 1. The van der Waals surface area contributed by atoms with Gasteiger partial charge in [0.2, 0.25) is 0 Å². The van der Waals surface area contributed by atoms with Crippen LogP contribution in [0.4, 0.5) is 15.8 Å². The fourth-order valence-corrected chi connectivity index (χ4v) is 4.38. The lowest BCUT2D eigenvalue weighted by molar-refractivity contribution is 0.600. The van der Waals surface area contributed by atoms with Gasteiger partial charge in [-0.25, -0.2) is 12.8 Å². The summed E-state index contributed by atoms with van der Waals surface area (Å²) in [5, 5.41) is 3.33. The average molecular weight is 396 g/mol. The zero-order valence-electron chi connectivity index (χ0n) is 15.7. The van der Waals surface area contributed by atoms with Gasteiger partial charge in [0.1, 0.15) is 16.5 Å². The van der Waals surface area contributed by atoms with Gasteiger partial charge in [0, 0.05) is 28.3 Å². The number of pyridine rings is 1. The summed E-state index contributed by atoms with van der Waals surface area (Å²) in [6.45, 7) is 3.87. The third kappa shape index (κ3) is 3.52. The van der Waals surface area contributed by atoms with E-state index in [1.807, 2.05) is 44.2 Å². The Bertz CT molecular complexity index is 1090. The van der Waals surface area contributed by atoms with Gasteiger partial charge in [0.15, 0.2) is 0 Å². The van der Waals surface area contributed by atoms with Gasteiger partial charge >= 0.3 is 0 Å². The van der Waals surface area contributed by atoms with Crippen LogP contribution in [0.1, 0.15) is 29.8 Å². The number of aryl methyl sites for hydroxylation is 2. The number of anilines is 2. The van der Waals surface area contributed by atoms with Crippen LogP contribution in [-0.4, -0.2) is 13.4 Å². The molecule has 1 heterocycles. The molecule has 0 aliphatic heterocycles. The van der Waals surface area contributed by atoms with Crippen LogP contribution in [0.5, 0.6) is 0 Å². The number of hydrogen-bond donors (Lipinski definition) is 2. The Morgan fingerprint density at radius 1 is 0.964 bits per heavy atom. The molecule has 0 saturated heterocycles. The Labute approximate surface area is 165 Å². The van der Waals surface area contributed by atoms with E-state index in [0.717, 1.165) is 39.5 Å². The Balaban J connectivity index is 1.84. The van der Waals surface area contributed by atoms with E-state index in [4.69, 9.17) is 0 Å². The summed E-state index contributed by atoms with van der Waals surface area (Å²) in [5.41, 5.74) is 6.06. The van der Waals surface area contributed by atoms with Crippen molar-refractivity contribution in [2.24, 2.45) is 0 Å². The predicted octanol–water partition coefficient (Wildman–Crippen LogP) is 4.85. The molecule has 2 aromatic carbocycles. The van der Waals surface area contributed by atoms with Gasteiger partial charge in [-0.2, -0.15) is 0 Å². The number of aromatic nitrogens is 1. The number of nitrogens with one attached hydrogen (secondary N) is 1. The number of thiol groups is 1. The van der Waals surface area contributed by atoms with Crippen molar-refractivity contribution >= 4 is 22.1 Å². The number of hydrogen-bond acceptors (Lipinski definition) is 4. The molecular weight excluding hydrogens is 375 g/mol. The fourth-order valence-electron chi connectivity index (χ4n) is 3.56. The van der Waals surface area contributed by atoms with Crippen LogP contribution in [0.25, 0.3) is 11.1 Å². The molecule has 1 fully saturated rings. The van der Waals surface area contributed by atoms with Crippen molar-refractivity contribution in [1.29, 1.82) is 0 Å². The minimum atomic E-state index is -2.54. The van der Waals surface area contributed by atoms with E-state index in [1.54, 1.807) is 12.1 Å². The van der Waals surface area contributed by atoms with Crippen LogP contribution in [0, 0.1) is 19.7 Å². The second-order valence-electron chi connectivity index (χ2n) is 7.32. The monoisotopic (exact) mass is 396 g/mol. The van der Waals surface area contributed by atoms with Gasteiger partial charge in [-0.05, 0) is 86.3 Å². The summed E-state index contributed by atoms with van der Waals surface area (Å²) >= 11 is 0. The van der Waals surface area contributed by atoms with Crippen LogP contribution in [-0.2, 0) is 15.5 Å². The normalized spacial score (nSPS) is 14.9. The van der Waals surface area contributed by atoms with Crippen LogP contribution < -0.4 is 5.32 Å². The Kier molecular flexibility index (Phi) is 4.67. The molecule has 3 aromatic rings. The van der Waals surface area contributed by atoms with E-state index in [2.05, 4.69) is 10.3 Å². The van der Waals surface area contributed by atoms with Gasteiger partial charge in [-0.1, -0.05) is 6.07 Å². The number of nitrogens with zero attached hydrogens (tertiary/aromatic N) is 1. The summed E-state index contributed by atoms with van der Waals surface area (Å²) in [5.74, 6) is -0.295. The van der Waals surface area contributed by atoms with E-state index in [1.165, 1.54) is 12.1 Å². The molecule has 0 spiro atoms. The van der Waals surface area contributed by atoms with Crippen molar-refractivity contribution < 1.29 is 12.8 Å². The molecule has 1 aliphatic carbocycles. The Morgan fingerprint density at radius 2 is 1.61 bits per heavy atom. The van der Waals surface area contributed by atoms with Gasteiger partial charge in [0.25, 0.3) is 0 Å². The van der Waals surface area contributed by atoms with Crippen molar-refractivity contribution in [3.05, 3.63) is 77.4 Å². The van der Waals surface area contributed by atoms with Crippen molar-refractivity contribution in [2.75, 3.05) is 5.32 Å². The molecule has 1 saturated carbocycles. The lowest BCUT2D eigenvalue weighted by Crippen LogP contribution is -2.09. The SMILES string of the molecule is Cc1cc(-c2cc(C3([SH](=O)=O)CC3)ccc2Nc2ccc(F)cc2)cc(C)n1. The minimum absolute atomic E-state index is 0.295. The van der Waals surface area contributed by atoms with Gasteiger partial charge in [-0.15, -0.1) is 0 Å². The molecule has 0 atom stereocenters. The maximum absolute atomic E-state index is 13.2. The average Bonchev–Trinajstić information content (AvgIpc) is 3.45. The van der Waals surface area contributed by atoms with E-state index in [-0.39, 0.29) is 5.82 Å². The quantitative estimate of drug-likeness (QED) is 0.606. The molecule has 0 bridgehead atoms. The Hall–Kier alpha value is -2.73. The van der Waals surface area contributed by atoms with Gasteiger partial charge in [0.05, 0.1) is 4.75 Å². The molecule has 1 aromatic heterocycles. The predicted molar refractivity (Wildman–Crippen MR) is 110 cm³/mol. The number of rotatable bonds is 5. The highest BCUT2D eigenvalue weighted by Crippen LogP contribution is 2.50. The summed E-state index contributed by atoms with van der Waals surface area (Å²) in [7, 11) is -2.54. The van der Waals surface area contributed by atoms with E-state index < -0.39 is 15.5 Å². The second kappa shape index (κ2) is 7.02. The van der Waals surface area contributed by atoms with Crippen molar-refractivity contribution in [3.63, 3.8) is 0 Å². The molecule has 1 N–H and O–H groups in total. The zero-order valence-corrected chi connectivity index (χ0v) is 16.6. The van der Waals surface area contributed by atoms with Crippen LogP contribution >= 0.6 is 0 Å². The molecule has 1 aliphatic rings. The molecular formula is C22H21FN2O2S. The topological polar surface area (TPSA) is 59.1 Å².